The fraction of sp³-hybridized carbons (Fsp3) is 0.0588. The van der Waals surface area contributed by atoms with Crippen LogP contribution in [0.1, 0.15) is 11.3 Å². The first-order valence-electron chi connectivity index (χ1n) is 6.62. The number of nitrogens with zero attached hydrogens (tertiary/aromatic N) is 3. The molecule has 0 atom stereocenters. The van der Waals surface area contributed by atoms with Crippen LogP contribution in [0.4, 0.5) is 0 Å². The van der Waals surface area contributed by atoms with E-state index in [0.717, 1.165) is 39.5 Å². The second-order valence-corrected chi connectivity index (χ2v) is 4.79. The first-order valence-corrected chi connectivity index (χ1v) is 6.62. The molecule has 0 saturated carbocycles. The number of nitrogens with one attached hydrogen (secondary N) is 1. The summed E-state index contributed by atoms with van der Waals surface area (Å²) in [6, 6.07) is 8.00. The highest BCUT2D eigenvalue weighted by Crippen LogP contribution is 2.35. The number of aryl methyl sites for hydroxylation is 1. The van der Waals surface area contributed by atoms with Crippen molar-refractivity contribution in [1.29, 1.82) is 0 Å². The summed E-state index contributed by atoms with van der Waals surface area (Å²) in [6.45, 7) is 11.9. The molecule has 0 unspecified atom stereocenters. The van der Waals surface area contributed by atoms with Crippen LogP contribution in [0.15, 0.2) is 61.9 Å². The van der Waals surface area contributed by atoms with E-state index in [2.05, 4.69) is 35.4 Å². The Morgan fingerprint density at radius 1 is 1.14 bits per heavy atom. The van der Waals surface area contributed by atoms with Crippen LogP contribution in [0.5, 0.6) is 0 Å². The lowest BCUT2D eigenvalue weighted by Crippen LogP contribution is -2.15. The van der Waals surface area contributed by atoms with E-state index in [9.17, 15) is 0 Å². The minimum Gasteiger partial charge on any atom is -0.355 e. The topological polar surface area (TPSA) is 42.7 Å². The molecule has 4 heteroatoms. The SMILES string of the molecule is C=C/C1=C(\C=C)c2c(nnn2C)-c2ccccc2C(=C)N1. The lowest BCUT2D eigenvalue weighted by atomic mass is 9.95. The molecular weight excluding hydrogens is 260 g/mol. The normalized spacial score (nSPS) is 17.1. The van der Waals surface area contributed by atoms with Gasteiger partial charge in [0.1, 0.15) is 5.69 Å². The first kappa shape index (κ1) is 13.1. The smallest absolute Gasteiger partial charge is 0.121 e. The van der Waals surface area contributed by atoms with Gasteiger partial charge < -0.3 is 5.32 Å². The Bertz CT molecular complexity index is 793. The molecule has 0 aliphatic carbocycles. The maximum Gasteiger partial charge on any atom is 0.121 e. The summed E-state index contributed by atoms with van der Waals surface area (Å²) in [5, 5.41) is 11.8. The van der Waals surface area contributed by atoms with Crippen molar-refractivity contribution in [2.45, 2.75) is 0 Å². The average molecular weight is 276 g/mol. The maximum atomic E-state index is 4.33. The highest BCUT2D eigenvalue weighted by Gasteiger charge is 2.23. The van der Waals surface area contributed by atoms with Gasteiger partial charge >= 0.3 is 0 Å². The van der Waals surface area contributed by atoms with Crippen molar-refractivity contribution < 1.29 is 0 Å². The largest absolute Gasteiger partial charge is 0.355 e. The number of aromatic nitrogens is 3. The summed E-state index contributed by atoms with van der Waals surface area (Å²) in [5.74, 6) is 0. The van der Waals surface area contributed by atoms with E-state index in [0.29, 0.717) is 0 Å². The molecule has 2 aromatic rings. The highest BCUT2D eigenvalue weighted by molar-refractivity contribution is 5.91. The summed E-state index contributed by atoms with van der Waals surface area (Å²) in [6.07, 6.45) is 3.54. The van der Waals surface area contributed by atoms with Crippen LogP contribution in [-0.2, 0) is 7.05 Å². The predicted molar refractivity (Wildman–Crippen MR) is 85.9 cm³/mol. The van der Waals surface area contributed by atoms with Crippen LogP contribution < -0.4 is 5.32 Å². The fourth-order valence-electron chi connectivity index (χ4n) is 2.59. The van der Waals surface area contributed by atoms with Crippen LogP contribution >= 0.6 is 0 Å². The van der Waals surface area contributed by atoms with Gasteiger partial charge in [0.2, 0.25) is 0 Å². The van der Waals surface area contributed by atoms with Gasteiger partial charge in [-0.25, -0.2) is 4.68 Å². The Labute approximate surface area is 123 Å². The van der Waals surface area contributed by atoms with Gasteiger partial charge in [-0.05, 0) is 6.08 Å². The number of hydrogen-bond acceptors (Lipinski definition) is 3. The molecule has 0 spiro atoms. The molecule has 2 heterocycles. The summed E-state index contributed by atoms with van der Waals surface area (Å²) < 4.78 is 1.75. The van der Waals surface area contributed by atoms with Crippen molar-refractivity contribution in [2.24, 2.45) is 7.05 Å². The second-order valence-electron chi connectivity index (χ2n) is 4.79. The third-order valence-corrected chi connectivity index (χ3v) is 3.57. The zero-order chi connectivity index (χ0) is 15.0. The maximum absolute atomic E-state index is 4.33. The zero-order valence-electron chi connectivity index (χ0n) is 11.9. The van der Waals surface area contributed by atoms with E-state index in [1.54, 1.807) is 16.8 Å². The van der Waals surface area contributed by atoms with Crippen LogP contribution in [-0.4, -0.2) is 15.0 Å². The van der Waals surface area contributed by atoms with Gasteiger partial charge in [0.05, 0.1) is 5.69 Å². The second kappa shape index (κ2) is 4.90. The Hall–Kier alpha value is -2.88. The van der Waals surface area contributed by atoms with Gasteiger partial charge in [-0.2, -0.15) is 0 Å². The molecule has 0 saturated heterocycles. The number of allylic oxidation sites excluding steroid dienone is 3. The molecule has 4 nitrogen and oxygen atoms in total. The predicted octanol–water partition coefficient (Wildman–Crippen LogP) is 3.14. The van der Waals surface area contributed by atoms with E-state index in [1.807, 2.05) is 31.3 Å². The number of rotatable bonds is 2. The number of hydrogen-bond donors (Lipinski definition) is 1. The minimum absolute atomic E-state index is 0.802. The third kappa shape index (κ3) is 1.92. The fourth-order valence-corrected chi connectivity index (χ4v) is 2.59. The Morgan fingerprint density at radius 3 is 2.52 bits per heavy atom. The molecule has 1 aromatic carbocycles. The van der Waals surface area contributed by atoms with Crippen LogP contribution in [0, 0.1) is 0 Å². The Kier molecular flexibility index (Phi) is 3.06. The van der Waals surface area contributed by atoms with E-state index in [1.165, 1.54) is 0 Å². The summed E-state index contributed by atoms with van der Waals surface area (Å²) in [4.78, 5) is 0. The van der Waals surface area contributed by atoms with E-state index in [4.69, 9.17) is 0 Å². The van der Waals surface area contributed by atoms with Gasteiger partial charge in [-0.1, -0.05) is 55.3 Å². The molecule has 1 N–H and O–H groups in total. The van der Waals surface area contributed by atoms with Gasteiger partial charge in [-0.15, -0.1) is 5.10 Å². The van der Waals surface area contributed by atoms with Gasteiger partial charge in [0.15, 0.2) is 0 Å². The zero-order valence-corrected chi connectivity index (χ0v) is 11.9. The van der Waals surface area contributed by atoms with Crippen LogP contribution in [0.25, 0.3) is 22.5 Å². The minimum atomic E-state index is 0.802. The molecular formula is C17H16N4. The van der Waals surface area contributed by atoms with Crippen molar-refractivity contribution in [3.05, 3.63) is 73.1 Å². The molecule has 104 valence electrons. The molecule has 1 aromatic heterocycles. The molecule has 0 fully saturated rings. The van der Waals surface area contributed by atoms with Crippen molar-refractivity contribution in [2.75, 3.05) is 0 Å². The van der Waals surface area contributed by atoms with E-state index in [-0.39, 0.29) is 0 Å². The van der Waals surface area contributed by atoms with Crippen molar-refractivity contribution in [3.63, 3.8) is 0 Å². The monoisotopic (exact) mass is 276 g/mol. The lowest BCUT2D eigenvalue weighted by molar-refractivity contribution is 0.707. The standard InChI is InChI=1S/C17H16N4/c1-5-12-15(6-2)18-11(3)13-9-7-8-10-14(13)16-17(12)21(4)20-19-16/h5-10,18H,1-3H2,4H3/b15-12-. The average Bonchev–Trinajstić information content (AvgIpc) is 2.87. The lowest BCUT2D eigenvalue weighted by Gasteiger charge is -2.20. The summed E-state index contributed by atoms with van der Waals surface area (Å²) in [7, 11) is 1.87. The molecule has 21 heavy (non-hydrogen) atoms. The van der Waals surface area contributed by atoms with Crippen molar-refractivity contribution >= 4 is 11.3 Å². The number of benzene rings is 1. The quantitative estimate of drug-likeness (QED) is 0.916. The number of fused-ring (bicyclic) bond motifs is 3. The first-order chi connectivity index (χ1) is 10.2. The van der Waals surface area contributed by atoms with Crippen molar-refractivity contribution in [3.8, 4) is 11.3 Å². The molecule has 0 amide bonds. The summed E-state index contributed by atoms with van der Waals surface area (Å²) >= 11 is 0. The van der Waals surface area contributed by atoms with Gasteiger partial charge in [-0.3, -0.25) is 0 Å². The Balaban J connectivity index is 2.43. The van der Waals surface area contributed by atoms with Crippen LogP contribution in [0.3, 0.4) is 0 Å². The summed E-state index contributed by atoms with van der Waals surface area (Å²) in [5.41, 5.74) is 6.29. The molecule has 1 aliphatic rings. The Morgan fingerprint density at radius 2 is 1.86 bits per heavy atom. The van der Waals surface area contributed by atoms with E-state index < -0.39 is 0 Å². The van der Waals surface area contributed by atoms with E-state index >= 15 is 0 Å². The van der Waals surface area contributed by atoms with Crippen LogP contribution in [0.2, 0.25) is 0 Å². The van der Waals surface area contributed by atoms with Crippen molar-refractivity contribution in [1.82, 2.24) is 20.3 Å². The molecule has 0 radical (unpaired) electrons. The highest BCUT2D eigenvalue weighted by atomic mass is 15.4. The molecule has 3 rings (SSSR count). The molecule has 1 aliphatic heterocycles. The molecule has 0 bridgehead atoms. The van der Waals surface area contributed by atoms with Gasteiger partial charge in [0, 0.05) is 35.1 Å². The van der Waals surface area contributed by atoms with Gasteiger partial charge in [0.25, 0.3) is 0 Å². The third-order valence-electron chi connectivity index (χ3n) is 3.57.